The van der Waals surface area contributed by atoms with Crippen molar-refractivity contribution in [3.8, 4) is 0 Å². The van der Waals surface area contributed by atoms with Crippen molar-refractivity contribution >= 4 is 27.9 Å². The quantitative estimate of drug-likeness (QED) is 0.536. The Hall–Kier alpha value is -1.36. The Morgan fingerprint density at radius 3 is 2.72 bits per heavy atom. The molecule has 0 unspecified atom stereocenters. The van der Waals surface area contributed by atoms with Gasteiger partial charge in [-0.25, -0.2) is 4.79 Å². The van der Waals surface area contributed by atoms with Crippen molar-refractivity contribution in [2.24, 2.45) is 17.8 Å². The fourth-order valence-electron chi connectivity index (χ4n) is 3.98. The average molecular weight is 409 g/mol. The van der Waals surface area contributed by atoms with Gasteiger partial charge in [-0.1, -0.05) is 61.3 Å². The lowest BCUT2D eigenvalue weighted by Gasteiger charge is -2.37. The van der Waals surface area contributed by atoms with Gasteiger partial charge in [0.05, 0.1) is 5.56 Å². The highest BCUT2D eigenvalue weighted by Gasteiger charge is 2.41. The smallest absolute Gasteiger partial charge is 0.339 e. The second-order valence-corrected chi connectivity index (χ2v) is 8.60. The zero-order chi connectivity index (χ0) is 18.1. The second kappa shape index (κ2) is 7.48. The van der Waals surface area contributed by atoms with E-state index in [0.29, 0.717) is 23.3 Å². The van der Waals surface area contributed by atoms with Gasteiger partial charge in [0.2, 0.25) is 0 Å². The third-order valence-corrected chi connectivity index (χ3v) is 6.30. The topological polar surface area (TPSA) is 52.6 Å². The van der Waals surface area contributed by atoms with E-state index in [1.807, 2.05) is 12.1 Å². The first-order valence-electron chi connectivity index (χ1n) is 9.03. The lowest BCUT2D eigenvalue weighted by Crippen LogP contribution is -2.38. The Balaban J connectivity index is 1.72. The predicted molar refractivity (Wildman–Crippen MR) is 98.5 cm³/mol. The number of carbonyl (C=O) groups is 2. The lowest BCUT2D eigenvalue weighted by atomic mass is 9.75. The molecule has 0 spiro atoms. The second-order valence-electron chi connectivity index (χ2n) is 7.62. The standard InChI is InChI=1S/C20H25BrO4/c1-11(2)13-9-8-12(3)10-16(13)24-20(23)17(21)18-14-6-4-5-7-15(14)19(22)25-18/h4-7,11-13,16-18H,8-10H2,1-3H3/t12-,13+,16-,17+,18+/m0/s1. The number of fused-ring (bicyclic) bond motifs is 1. The van der Waals surface area contributed by atoms with Crippen LogP contribution >= 0.6 is 15.9 Å². The molecule has 0 saturated heterocycles. The van der Waals surface area contributed by atoms with Gasteiger partial charge in [-0.3, -0.25) is 4.79 Å². The zero-order valence-electron chi connectivity index (χ0n) is 14.9. The van der Waals surface area contributed by atoms with E-state index >= 15 is 0 Å². The minimum absolute atomic E-state index is 0.0661. The zero-order valence-corrected chi connectivity index (χ0v) is 16.5. The summed E-state index contributed by atoms with van der Waals surface area (Å²) in [5.41, 5.74) is 1.26. The number of ether oxygens (including phenoxy) is 2. The highest BCUT2D eigenvalue weighted by molar-refractivity contribution is 9.10. The van der Waals surface area contributed by atoms with Crippen molar-refractivity contribution in [1.82, 2.24) is 0 Å². The van der Waals surface area contributed by atoms with Crippen LogP contribution in [0.1, 0.15) is 62.1 Å². The van der Waals surface area contributed by atoms with E-state index in [0.717, 1.165) is 18.4 Å². The largest absolute Gasteiger partial charge is 0.461 e. The molecular formula is C20H25BrO4. The number of hydrogen-bond acceptors (Lipinski definition) is 4. The molecule has 1 fully saturated rings. The summed E-state index contributed by atoms with van der Waals surface area (Å²) in [5.74, 6) is 0.692. The minimum atomic E-state index is -0.690. The van der Waals surface area contributed by atoms with Crippen molar-refractivity contribution in [3.63, 3.8) is 0 Å². The summed E-state index contributed by atoms with van der Waals surface area (Å²) >= 11 is 3.41. The minimum Gasteiger partial charge on any atom is -0.461 e. The van der Waals surface area contributed by atoms with E-state index in [1.54, 1.807) is 12.1 Å². The number of rotatable bonds is 4. The highest BCUT2D eigenvalue weighted by atomic mass is 79.9. The summed E-state index contributed by atoms with van der Waals surface area (Å²) in [6, 6.07) is 7.18. The van der Waals surface area contributed by atoms with Crippen molar-refractivity contribution in [2.45, 2.75) is 57.1 Å². The Bertz CT molecular complexity index is 657. The Kier molecular flexibility index (Phi) is 5.52. The molecule has 0 N–H and O–H groups in total. The molecule has 3 rings (SSSR count). The molecule has 25 heavy (non-hydrogen) atoms. The van der Waals surface area contributed by atoms with Gasteiger partial charge in [-0.05, 0) is 36.7 Å². The third-order valence-electron chi connectivity index (χ3n) is 5.44. The summed E-state index contributed by atoms with van der Waals surface area (Å²) in [4.78, 5) is 24.0. The van der Waals surface area contributed by atoms with Crippen LogP contribution in [0.5, 0.6) is 0 Å². The maximum absolute atomic E-state index is 12.7. The normalized spacial score (nSPS) is 29.9. The third kappa shape index (κ3) is 3.76. The summed E-state index contributed by atoms with van der Waals surface area (Å²) in [6.45, 7) is 6.57. The molecule has 1 aromatic rings. The monoisotopic (exact) mass is 408 g/mol. The van der Waals surface area contributed by atoms with E-state index in [2.05, 4.69) is 36.7 Å². The summed E-state index contributed by atoms with van der Waals surface area (Å²) in [6.07, 6.45) is 2.47. The van der Waals surface area contributed by atoms with Crippen LogP contribution in [0.3, 0.4) is 0 Å². The van der Waals surface area contributed by atoms with Crippen LogP contribution in [0.25, 0.3) is 0 Å². The Labute approximate surface area is 157 Å². The van der Waals surface area contributed by atoms with Gasteiger partial charge >= 0.3 is 11.9 Å². The van der Waals surface area contributed by atoms with Crippen molar-refractivity contribution in [1.29, 1.82) is 0 Å². The van der Waals surface area contributed by atoms with Crippen LogP contribution in [0, 0.1) is 17.8 Å². The SMILES string of the molecule is CC(C)[C@H]1CC[C@H](C)C[C@@H]1OC(=O)[C@H](Br)[C@@H]1OC(=O)c2ccccc21. The van der Waals surface area contributed by atoms with E-state index in [4.69, 9.17) is 9.47 Å². The molecule has 5 heteroatoms. The van der Waals surface area contributed by atoms with Gasteiger partial charge in [0.15, 0.2) is 10.9 Å². The Morgan fingerprint density at radius 2 is 2.00 bits per heavy atom. The van der Waals surface area contributed by atoms with Crippen molar-refractivity contribution in [3.05, 3.63) is 35.4 Å². The van der Waals surface area contributed by atoms with E-state index in [-0.39, 0.29) is 18.0 Å². The summed E-state index contributed by atoms with van der Waals surface area (Å²) in [5, 5.41) is 0. The van der Waals surface area contributed by atoms with Crippen LogP contribution in [0.2, 0.25) is 0 Å². The number of esters is 2. The van der Waals surface area contributed by atoms with Gasteiger partial charge < -0.3 is 9.47 Å². The molecule has 4 nitrogen and oxygen atoms in total. The van der Waals surface area contributed by atoms with Crippen LogP contribution in [0.15, 0.2) is 24.3 Å². The average Bonchev–Trinajstić information content (AvgIpc) is 2.91. The van der Waals surface area contributed by atoms with Crippen LogP contribution in [-0.4, -0.2) is 22.9 Å². The lowest BCUT2D eigenvalue weighted by molar-refractivity contribution is -0.157. The van der Waals surface area contributed by atoms with Gasteiger partial charge in [0.25, 0.3) is 0 Å². The van der Waals surface area contributed by atoms with Gasteiger partial charge in [0, 0.05) is 5.56 Å². The fraction of sp³-hybridized carbons (Fsp3) is 0.600. The predicted octanol–water partition coefficient (Wildman–Crippen LogP) is 4.67. The number of cyclic esters (lactones) is 1. The highest BCUT2D eigenvalue weighted by Crippen LogP contribution is 2.39. The molecule has 0 bridgehead atoms. The van der Waals surface area contributed by atoms with E-state index in [1.165, 1.54) is 6.42 Å². The first-order valence-corrected chi connectivity index (χ1v) is 9.94. The molecule has 0 amide bonds. The number of hydrogen-bond donors (Lipinski definition) is 0. The van der Waals surface area contributed by atoms with Crippen molar-refractivity contribution < 1.29 is 19.1 Å². The first-order chi connectivity index (χ1) is 11.9. The van der Waals surface area contributed by atoms with Gasteiger partial charge in [-0.2, -0.15) is 0 Å². The number of benzene rings is 1. The molecule has 1 saturated carbocycles. The van der Waals surface area contributed by atoms with Crippen LogP contribution in [0.4, 0.5) is 0 Å². The molecule has 1 aromatic carbocycles. The Morgan fingerprint density at radius 1 is 1.28 bits per heavy atom. The first kappa shape index (κ1) is 18.4. The number of alkyl halides is 1. The van der Waals surface area contributed by atoms with Gasteiger partial charge in [0.1, 0.15) is 6.10 Å². The number of carbonyl (C=O) groups excluding carboxylic acids is 2. The molecule has 0 aromatic heterocycles. The maximum Gasteiger partial charge on any atom is 0.339 e. The molecule has 2 aliphatic rings. The van der Waals surface area contributed by atoms with Crippen LogP contribution < -0.4 is 0 Å². The van der Waals surface area contributed by atoms with Gasteiger partial charge in [-0.15, -0.1) is 0 Å². The summed E-state index contributed by atoms with van der Waals surface area (Å²) in [7, 11) is 0. The van der Waals surface area contributed by atoms with Crippen LogP contribution in [-0.2, 0) is 14.3 Å². The molecule has 1 heterocycles. The van der Waals surface area contributed by atoms with E-state index < -0.39 is 10.9 Å². The maximum atomic E-state index is 12.7. The summed E-state index contributed by atoms with van der Waals surface area (Å²) < 4.78 is 11.3. The molecule has 5 atom stereocenters. The molecule has 136 valence electrons. The molecule has 1 aliphatic carbocycles. The van der Waals surface area contributed by atoms with Crippen molar-refractivity contribution in [2.75, 3.05) is 0 Å². The molecular weight excluding hydrogens is 384 g/mol. The number of halogens is 1. The molecule has 1 aliphatic heterocycles. The molecule has 0 radical (unpaired) electrons. The fourth-order valence-corrected chi connectivity index (χ4v) is 4.48. The van der Waals surface area contributed by atoms with E-state index in [9.17, 15) is 9.59 Å².